The van der Waals surface area contributed by atoms with E-state index in [1.54, 1.807) is 13.1 Å². The van der Waals surface area contributed by atoms with Gasteiger partial charge in [0.1, 0.15) is 5.82 Å². The number of nitrogens with one attached hydrogen (secondary N) is 2. The van der Waals surface area contributed by atoms with Crippen molar-refractivity contribution in [2.45, 2.75) is 33.2 Å². The number of guanidine groups is 1. The highest BCUT2D eigenvalue weighted by Gasteiger charge is 2.34. The SMILES string of the molecule is CCN(CC)c1ccc(CNC(=NC)NCC2(CCO)CCOC2)cc1F. The number of benzene rings is 1. The minimum absolute atomic E-state index is 0.0517. The number of ether oxygens (including phenoxy) is 1. The average Bonchev–Trinajstić information content (AvgIpc) is 3.13. The van der Waals surface area contributed by atoms with Gasteiger partial charge in [-0.3, -0.25) is 4.99 Å². The van der Waals surface area contributed by atoms with E-state index in [4.69, 9.17) is 4.74 Å². The number of hydrogen-bond donors (Lipinski definition) is 3. The Bertz CT molecular complexity index is 614. The third kappa shape index (κ3) is 5.81. The third-order valence-electron chi connectivity index (χ3n) is 5.26. The molecule has 1 aliphatic heterocycles. The number of aliphatic hydroxyl groups excluding tert-OH is 1. The summed E-state index contributed by atoms with van der Waals surface area (Å²) in [6.07, 6.45) is 1.63. The molecule has 1 aliphatic rings. The quantitative estimate of drug-likeness (QED) is 0.452. The monoisotopic (exact) mass is 380 g/mol. The molecule has 1 aromatic carbocycles. The molecule has 0 bridgehead atoms. The van der Waals surface area contributed by atoms with Crippen molar-refractivity contribution in [1.29, 1.82) is 0 Å². The molecule has 27 heavy (non-hydrogen) atoms. The molecule has 0 amide bonds. The first-order valence-corrected chi connectivity index (χ1v) is 9.74. The molecule has 2 rings (SSSR count). The van der Waals surface area contributed by atoms with Crippen molar-refractivity contribution in [2.75, 3.05) is 51.4 Å². The summed E-state index contributed by atoms with van der Waals surface area (Å²) in [6, 6.07) is 5.35. The van der Waals surface area contributed by atoms with Gasteiger partial charge in [-0.25, -0.2) is 4.39 Å². The van der Waals surface area contributed by atoms with Crippen LogP contribution in [0.15, 0.2) is 23.2 Å². The lowest BCUT2D eigenvalue weighted by molar-refractivity contribution is 0.127. The van der Waals surface area contributed by atoms with E-state index in [0.29, 0.717) is 37.8 Å². The van der Waals surface area contributed by atoms with Gasteiger partial charge < -0.3 is 25.4 Å². The molecule has 1 aromatic rings. The summed E-state index contributed by atoms with van der Waals surface area (Å²) >= 11 is 0. The largest absolute Gasteiger partial charge is 0.396 e. The molecule has 0 radical (unpaired) electrons. The maximum Gasteiger partial charge on any atom is 0.191 e. The Balaban J connectivity index is 1.91. The van der Waals surface area contributed by atoms with Crippen molar-refractivity contribution >= 4 is 11.6 Å². The number of anilines is 1. The van der Waals surface area contributed by atoms with Crippen molar-refractivity contribution < 1.29 is 14.2 Å². The molecule has 0 aliphatic carbocycles. The zero-order chi connectivity index (χ0) is 19.7. The van der Waals surface area contributed by atoms with Crippen molar-refractivity contribution in [1.82, 2.24) is 10.6 Å². The molecule has 6 nitrogen and oxygen atoms in total. The summed E-state index contributed by atoms with van der Waals surface area (Å²) in [5.41, 5.74) is 1.45. The molecule has 0 spiro atoms. The fourth-order valence-electron chi connectivity index (χ4n) is 3.47. The maximum absolute atomic E-state index is 14.4. The second-order valence-electron chi connectivity index (χ2n) is 7.01. The van der Waals surface area contributed by atoms with Gasteiger partial charge in [0.05, 0.1) is 12.3 Å². The van der Waals surface area contributed by atoms with Crippen LogP contribution < -0.4 is 15.5 Å². The molecule has 1 heterocycles. The molecule has 1 unspecified atom stereocenters. The van der Waals surface area contributed by atoms with E-state index in [1.807, 2.05) is 30.9 Å². The predicted molar refractivity (Wildman–Crippen MR) is 108 cm³/mol. The normalized spacial score (nSPS) is 20.0. The Morgan fingerprint density at radius 1 is 1.33 bits per heavy atom. The van der Waals surface area contributed by atoms with Gasteiger partial charge in [-0.05, 0) is 44.4 Å². The number of aliphatic imine (C=N–C) groups is 1. The molecule has 0 aromatic heterocycles. The number of nitrogens with zero attached hydrogens (tertiary/aromatic N) is 2. The van der Waals surface area contributed by atoms with Crippen LogP contribution in [0.3, 0.4) is 0 Å². The Kier molecular flexibility index (Phi) is 8.31. The number of halogens is 1. The first-order valence-electron chi connectivity index (χ1n) is 9.74. The van der Waals surface area contributed by atoms with Crippen LogP contribution >= 0.6 is 0 Å². The molecule has 1 atom stereocenters. The molecule has 7 heteroatoms. The van der Waals surface area contributed by atoms with Crippen LogP contribution in [0.1, 0.15) is 32.3 Å². The second kappa shape index (κ2) is 10.5. The Hall–Kier alpha value is -1.86. The van der Waals surface area contributed by atoms with Gasteiger partial charge in [0.25, 0.3) is 0 Å². The van der Waals surface area contributed by atoms with Gasteiger partial charge in [-0.1, -0.05) is 6.07 Å². The molecule has 1 fully saturated rings. The Morgan fingerprint density at radius 3 is 2.67 bits per heavy atom. The smallest absolute Gasteiger partial charge is 0.191 e. The summed E-state index contributed by atoms with van der Waals surface area (Å²) in [6.45, 7) is 8.29. The highest BCUT2D eigenvalue weighted by Crippen LogP contribution is 2.31. The fourth-order valence-corrected chi connectivity index (χ4v) is 3.47. The van der Waals surface area contributed by atoms with Gasteiger partial charge in [0.2, 0.25) is 0 Å². The van der Waals surface area contributed by atoms with E-state index in [1.165, 1.54) is 0 Å². The number of aliphatic hydroxyl groups is 1. The second-order valence-corrected chi connectivity index (χ2v) is 7.01. The lowest BCUT2D eigenvalue weighted by atomic mass is 9.84. The van der Waals surface area contributed by atoms with Crippen LogP contribution in [0, 0.1) is 11.2 Å². The van der Waals surface area contributed by atoms with Crippen LogP contribution in [0.25, 0.3) is 0 Å². The summed E-state index contributed by atoms with van der Waals surface area (Å²) in [7, 11) is 1.71. The van der Waals surface area contributed by atoms with Gasteiger partial charge >= 0.3 is 0 Å². The van der Waals surface area contributed by atoms with Crippen molar-refractivity contribution in [3.05, 3.63) is 29.6 Å². The van der Waals surface area contributed by atoms with E-state index in [9.17, 15) is 9.50 Å². The van der Waals surface area contributed by atoms with E-state index < -0.39 is 0 Å². The van der Waals surface area contributed by atoms with Gasteiger partial charge in [0, 0.05) is 51.9 Å². The van der Waals surface area contributed by atoms with Crippen LogP contribution in [-0.4, -0.2) is 57.6 Å². The van der Waals surface area contributed by atoms with E-state index >= 15 is 0 Å². The molecule has 152 valence electrons. The third-order valence-corrected chi connectivity index (χ3v) is 5.26. The van der Waals surface area contributed by atoms with Crippen LogP contribution in [0.4, 0.5) is 10.1 Å². The Labute approximate surface area is 161 Å². The minimum Gasteiger partial charge on any atom is -0.396 e. The molecular weight excluding hydrogens is 347 g/mol. The number of hydrogen-bond acceptors (Lipinski definition) is 4. The highest BCUT2D eigenvalue weighted by molar-refractivity contribution is 5.79. The summed E-state index contributed by atoms with van der Waals surface area (Å²) < 4.78 is 19.9. The highest BCUT2D eigenvalue weighted by atomic mass is 19.1. The average molecular weight is 381 g/mol. The topological polar surface area (TPSA) is 69.1 Å². The summed E-state index contributed by atoms with van der Waals surface area (Å²) in [5.74, 6) is 0.457. The van der Waals surface area contributed by atoms with Crippen LogP contribution in [0.5, 0.6) is 0 Å². The summed E-state index contributed by atoms with van der Waals surface area (Å²) in [4.78, 5) is 6.24. The van der Waals surface area contributed by atoms with Crippen molar-refractivity contribution in [3.63, 3.8) is 0 Å². The van der Waals surface area contributed by atoms with Crippen molar-refractivity contribution in [2.24, 2.45) is 10.4 Å². The van der Waals surface area contributed by atoms with Gasteiger partial charge in [-0.15, -0.1) is 0 Å². The zero-order valence-corrected chi connectivity index (χ0v) is 16.7. The van der Waals surface area contributed by atoms with Crippen LogP contribution in [0.2, 0.25) is 0 Å². The van der Waals surface area contributed by atoms with E-state index in [-0.39, 0.29) is 17.8 Å². The maximum atomic E-state index is 14.4. The lowest BCUT2D eigenvalue weighted by Crippen LogP contribution is -2.44. The zero-order valence-electron chi connectivity index (χ0n) is 16.7. The van der Waals surface area contributed by atoms with E-state index in [2.05, 4.69) is 15.6 Å². The predicted octanol–water partition coefficient (Wildman–Crippen LogP) is 2.13. The molecular formula is C20H33FN4O2. The fraction of sp³-hybridized carbons (Fsp3) is 0.650. The lowest BCUT2D eigenvalue weighted by Gasteiger charge is -2.27. The molecule has 1 saturated heterocycles. The van der Waals surface area contributed by atoms with Crippen LogP contribution in [-0.2, 0) is 11.3 Å². The molecule has 3 N–H and O–H groups in total. The number of rotatable bonds is 9. The Morgan fingerprint density at radius 2 is 2.11 bits per heavy atom. The first-order chi connectivity index (χ1) is 13.1. The van der Waals surface area contributed by atoms with Gasteiger partial charge in [-0.2, -0.15) is 0 Å². The molecule has 0 saturated carbocycles. The first kappa shape index (κ1) is 21.4. The van der Waals surface area contributed by atoms with Crippen molar-refractivity contribution in [3.8, 4) is 0 Å². The summed E-state index contributed by atoms with van der Waals surface area (Å²) in [5, 5.41) is 15.9. The van der Waals surface area contributed by atoms with E-state index in [0.717, 1.165) is 31.7 Å². The minimum atomic E-state index is -0.203. The standard InChI is InChI=1S/C20H33FN4O2/c1-4-25(5-2)18-7-6-16(12-17(18)21)13-23-19(22-3)24-14-20(8-10-26)9-11-27-15-20/h6-7,12,26H,4-5,8-11,13-15H2,1-3H3,(H2,22,23,24). The van der Waals surface area contributed by atoms with Gasteiger partial charge in [0.15, 0.2) is 5.96 Å².